The van der Waals surface area contributed by atoms with E-state index >= 15 is 0 Å². The molecule has 0 spiro atoms. The number of hydrogen-bond donors (Lipinski definition) is 6. The minimum Gasteiger partial charge on any atom is -0.545 e. The molecule has 2 unspecified atom stereocenters. The molecule has 4 aromatic carbocycles. The maximum Gasteiger partial charge on any atom is 0.317 e. The summed E-state index contributed by atoms with van der Waals surface area (Å²) < 4.78 is 23.5. The number of benzene rings is 4. The van der Waals surface area contributed by atoms with E-state index in [4.69, 9.17) is 18.9 Å². The molecule has 4 aromatic rings. The quantitative estimate of drug-likeness (QED) is 0.0621. The number of para-hydroxylation sites is 4. The van der Waals surface area contributed by atoms with Crippen LogP contribution >= 0.6 is 0 Å². The molecule has 2 aliphatic heterocycles. The summed E-state index contributed by atoms with van der Waals surface area (Å²) in [5, 5.41) is 52.3. The van der Waals surface area contributed by atoms with Crippen LogP contribution in [-0.2, 0) is 22.8 Å². The molecular weight excluding hydrogens is 925 g/mol. The normalized spacial score (nSPS) is 20.4. The zero-order valence-electron chi connectivity index (χ0n) is 40.6. The minimum absolute atomic E-state index is 0.0713. The molecule has 2 saturated carbocycles. The van der Waals surface area contributed by atoms with Crippen molar-refractivity contribution in [3.05, 3.63) is 132 Å². The number of carboxylic acid groups (broad SMARTS) is 2. The van der Waals surface area contributed by atoms with Crippen molar-refractivity contribution in [2.24, 2.45) is 0 Å². The summed E-state index contributed by atoms with van der Waals surface area (Å²) in [5.74, 6) is -0.497. The van der Waals surface area contributed by atoms with Gasteiger partial charge in [-0.3, -0.25) is 0 Å². The first-order valence-corrected chi connectivity index (χ1v) is 24.8. The van der Waals surface area contributed by atoms with E-state index in [0.29, 0.717) is 85.6 Å². The van der Waals surface area contributed by atoms with Crippen LogP contribution < -0.4 is 50.4 Å². The van der Waals surface area contributed by atoms with E-state index in [9.17, 15) is 39.6 Å². The summed E-state index contributed by atoms with van der Waals surface area (Å²) in [6.45, 7) is 5.42. The lowest BCUT2D eigenvalue weighted by Crippen LogP contribution is -2.45. The van der Waals surface area contributed by atoms with Gasteiger partial charge in [0, 0.05) is 63.4 Å². The Hall–Kier alpha value is -6.86. The smallest absolute Gasteiger partial charge is 0.317 e. The zero-order chi connectivity index (χ0) is 50.9. The van der Waals surface area contributed by atoms with Crippen molar-refractivity contribution in [2.75, 3.05) is 52.5 Å². The fraction of sp³-hybridized carbons (Fsp3) is 0.444. The number of aliphatic carboxylic acids is 2. The fourth-order valence-corrected chi connectivity index (χ4v) is 8.93. The van der Waals surface area contributed by atoms with Crippen LogP contribution in [0.2, 0.25) is 0 Å². The van der Waals surface area contributed by atoms with Crippen LogP contribution in [-0.4, -0.2) is 133 Å². The van der Waals surface area contributed by atoms with E-state index in [1.54, 1.807) is 0 Å². The highest BCUT2D eigenvalue weighted by molar-refractivity contribution is 5.87. The molecule has 2 atom stereocenters. The van der Waals surface area contributed by atoms with Crippen LogP contribution in [0.5, 0.6) is 23.0 Å². The summed E-state index contributed by atoms with van der Waals surface area (Å²) in [7, 11) is 0. The van der Waals surface area contributed by atoms with Gasteiger partial charge in [-0.1, -0.05) is 84.9 Å². The SMILES string of the molecule is O=C([O-])/C=C/C(=O)[O-].O=C1NCCN1C1CCC(NCC(O)COc2ccccc2OCc2ccccc2)CC1.O=C1NCCN1C1CCC(NCC(O)COc2ccccc2OCc2ccccc2)CC1. The Balaban J connectivity index is 0.000000205. The van der Waals surface area contributed by atoms with Gasteiger partial charge in [0.1, 0.15) is 38.6 Å². The van der Waals surface area contributed by atoms with Gasteiger partial charge in [-0.25, -0.2) is 9.59 Å². The molecular formula is C54H68N6O12-2. The number of nitrogens with one attached hydrogen (secondary N) is 4. The van der Waals surface area contributed by atoms with Gasteiger partial charge >= 0.3 is 12.1 Å². The molecule has 388 valence electrons. The van der Waals surface area contributed by atoms with Crippen molar-refractivity contribution in [1.29, 1.82) is 0 Å². The molecule has 2 heterocycles. The fourth-order valence-electron chi connectivity index (χ4n) is 8.93. The van der Waals surface area contributed by atoms with Gasteiger partial charge in [0.2, 0.25) is 0 Å². The summed E-state index contributed by atoms with van der Waals surface area (Å²) in [4.78, 5) is 46.4. The maximum atomic E-state index is 11.8. The Labute approximate surface area is 421 Å². The van der Waals surface area contributed by atoms with Crippen molar-refractivity contribution >= 4 is 24.0 Å². The molecule has 18 nitrogen and oxygen atoms in total. The number of hydrogen-bond acceptors (Lipinski definition) is 14. The first-order chi connectivity index (χ1) is 35.0. The molecule has 4 amide bonds. The van der Waals surface area contributed by atoms with Gasteiger partial charge in [0.05, 0.1) is 11.9 Å². The van der Waals surface area contributed by atoms with Crippen molar-refractivity contribution in [3.8, 4) is 23.0 Å². The third-order valence-electron chi connectivity index (χ3n) is 12.7. The lowest BCUT2D eigenvalue weighted by atomic mass is 9.90. The van der Waals surface area contributed by atoms with Crippen LogP contribution in [0.15, 0.2) is 121 Å². The Morgan fingerprint density at radius 1 is 0.542 bits per heavy atom. The number of aliphatic hydroxyl groups excluding tert-OH is 2. The van der Waals surface area contributed by atoms with E-state index < -0.39 is 24.1 Å². The first-order valence-electron chi connectivity index (χ1n) is 24.8. The number of urea groups is 2. The second-order valence-corrected chi connectivity index (χ2v) is 18.0. The average Bonchev–Trinajstić information content (AvgIpc) is 4.05. The molecule has 4 fully saturated rings. The van der Waals surface area contributed by atoms with E-state index in [1.807, 2.05) is 119 Å². The van der Waals surface area contributed by atoms with Crippen molar-refractivity contribution in [2.45, 2.75) is 101 Å². The molecule has 4 aliphatic rings. The highest BCUT2D eigenvalue weighted by Crippen LogP contribution is 2.30. The molecule has 6 N–H and O–H groups in total. The van der Waals surface area contributed by atoms with Crippen LogP contribution in [0.1, 0.15) is 62.5 Å². The van der Waals surface area contributed by atoms with Gasteiger partial charge in [-0.15, -0.1) is 0 Å². The number of carbonyl (C=O) groups is 4. The van der Waals surface area contributed by atoms with Crippen molar-refractivity contribution < 1.29 is 58.6 Å². The Morgan fingerprint density at radius 3 is 1.19 bits per heavy atom. The van der Waals surface area contributed by atoms with Gasteiger partial charge in [-0.05, 0) is 98.9 Å². The number of carboxylic acids is 2. The summed E-state index contributed by atoms with van der Waals surface area (Å²) in [6.07, 6.45) is 7.61. The van der Waals surface area contributed by atoms with Crippen LogP contribution in [0.4, 0.5) is 9.59 Å². The van der Waals surface area contributed by atoms with Gasteiger partial charge in [0.25, 0.3) is 0 Å². The number of nitrogens with zero attached hydrogens (tertiary/aromatic N) is 2. The van der Waals surface area contributed by atoms with Gasteiger partial charge < -0.3 is 80.0 Å². The lowest BCUT2D eigenvalue weighted by molar-refractivity contribution is -0.301. The van der Waals surface area contributed by atoms with Crippen molar-refractivity contribution in [1.82, 2.24) is 31.1 Å². The summed E-state index contributed by atoms with van der Waals surface area (Å²) >= 11 is 0. The van der Waals surface area contributed by atoms with Crippen LogP contribution in [0.25, 0.3) is 0 Å². The van der Waals surface area contributed by atoms with E-state index in [1.165, 1.54) is 0 Å². The Kier molecular flexibility index (Phi) is 22.3. The zero-order valence-corrected chi connectivity index (χ0v) is 40.6. The number of carbonyl (C=O) groups excluding carboxylic acids is 4. The second-order valence-electron chi connectivity index (χ2n) is 18.0. The van der Waals surface area contributed by atoms with Crippen molar-refractivity contribution in [3.63, 3.8) is 0 Å². The third-order valence-corrected chi connectivity index (χ3v) is 12.7. The summed E-state index contributed by atoms with van der Waals surface area (Å²) in [5.41, 5.74) is 2.18. The number of amides is 4. The Bertz CT molecular complexity index is 2130. The highest BCUT2D eigenvalue weighted by Gasteiger charge is 2.32. The molecule has 2 aliphatic carbocycles. The molecule has 0 bridgehead atoms. The molecule has 8 rings (SSSR count). The number of aliphatic hydroxyl groups is 2. The molecule has 0 aromatic heterocycles. The number of ether oxygens (including phenoxy) is 4. The van der Waals surface area contributed by atoms with Crippen LogP contribution in [0.3, 0.4) is 0 Å². The average molecular weight is 993 g/mol. The largest absolute Gasteiger partial charge is 0.545 e. The topological polar surface area (TPSA) is 246 Å². The standard InChI is InChI=1S/2C25H33N3O4.C4H4O4/c2*29-22(16-27-20-10-12-21(13-11-20)28-15-14-26-25(28)30)18-32-24-9-5-4-8-23(24)31-17-19-6-2-1-3-7-19;5-3(6)1-2-4(7)8/h2*1-9,20-22,27,29H,10-18H2,(H,26,30);1-2H,(H,5,6)(H,7,8)/p-2/b;;2-1+. The molecule has 2 saturated heterocycles. The molecule has 18 heteroatoms. The molecule has 72 heavy (non-hydrogen) atoms. The molecule has 0 radical (unpaired) electrons. The maximum absolute atomic E-state index is 11.8. The monoisotopic (exact) mass is 992 g/mol. The first kappa shape index (κ1) is 54.5. The van der Waals surface area contributed by atoms with E-state index in [-0.39, 0.29) is 25.3 Å². The Morgan fingerprint density at radius 2 is 0.875 bits per heavy atom. The highest BCUT2D eigenvalue weighted by atomic mass is 16.5. The third kappa shape index (κ3) is 18.7. The summed E-state index contributed by atoms with van der Waals surface area (Å²) in [6, 6.07) is 36.6. The van der Waals surface area contributed by atoms with Crippen LogP contribution in [0, 0.1) is 0 Å². The van der Waals surface area contributed by atoms with Gasteiger partial charge in [0.15, 0.2) is 23.0 Å². The van der Waals surface area contributed by atoms with Gasteiger partial charge in [-0.2, -0.15) is 0 Å². The minimum atomic E-state index is -1.55. The lowest BCUT2D eigenvalue weighted by Gasteiger charge is -2.34. The predicted molar refractivity (Wildman–Crippen MR) is 265 cm³/mol. The van der Waals surface area contributed by atoms with E-state index in [0.717, 1.165) is 88.7 Å². The number of rotatable bonds is 22. The van der Waals surface area contributed by atoms with E-state index in [2.05, 4.69) is 21.3 Å². The predicted octanol–water partition coefficient (Wildman–Crippen LogP) is 2.91. The second kappa shape index (κ2) is 29.5.